The molecule has 29 heavy (non-hydrogen) atoms. The molecule has 2 N–H and O–H groups in total. The number of aryl methyl sites for hydroxylation is 1. The van der Waals surface area contributed by atoms with Crippen LogP contribution in [0.15, 0.2) is 41.3 Å². The van der Waals surface area contributed by atoms with Gasteiger partial charge in [0.1, 0.15) is 6.04 Å². The Balaban J connectivity index is 1.72. The summed E-state index contributed by atoms with van der Waals surface area (Å²) in [4.78, 5) is 23.5. The predicted octanol–water partition coefficient (Wildman–Crippen LogP) is 5.31. The van der Waals surface area contributed by atoms with Crippen LogP contribution in [-0.4, -0.2) is 32.7 Å². The van der Waals surface area contributed by atoms with Crippen LogP contribution in [0.25, 0.3) is 0 Å². The number of nitrogens with one attached hydrogen (secondary N) is 1. The van der Waals surface area contributed by atoms with Gasteiger partial charge in [-0.2, -0.15) is 0 Å². The highest BCUT2D eigenvalue weighted by atomic mass is 35.5. The number of anilines is 1. The molecule has 0 aromatic heterocycles. The first-order valence-corrected chi connectivity index (χ1v) is 10.8. The molecular weight excluding hydrogens is 435 g/mol. The lowest BCUT2D eigenvalue weighted by Crippen LogP contribution is -2.42. The fraction of sp³-hybridized carbons (Fsp3) is 0.350. The van der Waals surface area contributed by atoms with Crippen molar-refractivity contribution in [2.24, 2.45) is 5.92 Å². The number of carboxylic acid groups (broad SMARTS) is 1. The van der Waals surface area contributed by atoms with E-state index in [1.165, 1.54) is 17.8 Å². The van der Waals surface area contributed by atoms with Crippen LogP contribution in [0.1, 0.15) is 23.5 Å². The second-order valence-electron chi connectivity index (χ2n) is 7.37. The molecule has 5 atom stereocenters. The molecule has 4 rings (SSSR count). The van der Waals surface area contributed by atoms with Gasteiger partial charge in [0.2, 0.25) is 0 Å². The Morgan fingerprint density at radius 3 is 2.72 bits per heavy atom. The summed E-state index contributed by atoms with van der Waals surface area (Å²) in [5.41, 5.74) is 2.43. The van der Waals surface area contributed by atoms with Gasteiger partial charge in [-0.15, -0.1) is 23.4 Å². The van der Waals surface area contributed by atoms with Gasteiger partial charge in [0.05, 0.1) is 25.9 Å². The molecule has 2 aromatic rings. The first-order valence-electron chi connectivity index (χ1n) is 9.12. The highest BCUT2D eigenvalue weighted by Gasteiger charge is 2.52. The van der Waals surface area contributed by atoms with Crippen molar-refractivity contribution in [2.45, 2.75) is 40.8 Å². The second kappa shape index (κ2) is 7.70. The molecule has 2 aromatic carbocycles. The van der Waals surface area contributed by atoms with E-state index < -0.39 is 16.9 Å². The quantitative estimate of drug-likeness (QED) is 0.371. The Hall–Kier alpha value is -1.96. The zero-order chi connectivity index (χ0) is 20.9. The minimum atomic E-state index is -0.955. The number of nitrogens with zero attached hydrogens (tertiary/aromatic N) is 1. The van der Waals surface area contributed by atoms with Crippen LogP contribution in [0.4, 0.5) is 11.4 Å². The number of fused-ring (bicyclic) bond motifs is 3. The maximum atomic E-state index is 12.0. The maximum Gasteiger partial charge on any atom is 0.326 e. The number of hydrogen-bond donors (Lipinski definition) is 2. The number of carbonyl (C=O) groups is 1. The van der Waals surface area contributed by atoms with Crippen molar-refractivity contribution in [1.29, 1.82) is 0 Å². The van der Waals surface area contributed by atoms with Crippen molar-refractivity contribution < 1.29 is 14.8 Å². The summed E-state index contributed by atoms with van der Waals surface area (Å²) in [5, 5.41) is 24.2. The minimum Gasteiger partial charge on any atom is -0.480 e. The lowest BCUT2D eigenvalue weighted by molar-refractivity contribution is -0.387. The van der Waals surface area contributed by atoms with E-state index in [-0.39, 0.29) is 28.2 Å². The number of hydrogen-bond acceptors (Lipinski definition) is 5. The summed E-state index contributed by atoms with van der Waals surface area (Å²) in [5.74, 6) is -1.39. The number of carboxylic acids is 1. The van der Waals surface area contributed by atoms with E-state index in [1.807, 2.05) is 19.1 Å². The number of rotatable bonds is 4. The number of nitro benzene ring substituents is 1. The van der Waals surface area contributed by atoms with E-state index >= 15 is 0 Å². The van der Waals surface area contributed by atoms with Gasteiger partial charge >= 0.3 is 5.97 Å². The zero-order valence-electron chi connectivity index (χ0n) is 15.3. The van der Waals surface area contributed by atoms with Crippen molar-refractivity contribution in [3.8, 4) is 0 Å². The third-order valence-electron chi connectivity index (χ3n) is 5.72. The smallest absolute Gasteiger partial charge is 0.326 e. The van der Waals surface area contributed by atoms with E-state index in [1.54, 1.807) is 18.2 Å². The standard InChI is InChI=1S/C20H18Cl2N2O4S/c1-9-6-7-10-15-11(19(20(25)26)23-18(10)16(9)21)8-14(17(15)22)29-13-5-3-2-4-12(13)24(27)28/h2-7,11,14-15,17,19,23H,8H2,1H3,(H,25,26)/t11-,14+,15+,17-,19+/m1/s1. The van der Waals surface area contributed by atoms with Crippen molar-refractivity contribution >= 4 is 52.3 Å². The summed E-state index contributed by atoms with van der Waals surface area (Å²) in [6, 6.07) is 9.59. The van der Waals surface area contributed by atoms with Gasteiger partial charge in [0.25, 0.3) is 5.69 Å². The molecule has 152 valence electrons. The van der Waals surface area contributed by atoms with E-state index in [0.29, 0.717) is 22.0 Å². The monoisotopic (exact) mass is 452 g/mol. The minimum absolute atomic E-state index is 0.0308. The number of benzene rings is 2. The first-order chi connectivity index (χ1) is 13.8. The van der Waals surface area contributed by atoms with Gasteiger partial charge < -0.3 is 10.4 Å². The van der Waals surface area contributed by atoms with Crippen LogP contribution in [0.2, 0.25) is 5.02 Å². The molecule has 1 aliphatic carbocycles. The third-order valence-corrected chi connectivity index (χ3v) is 8.32. The predicted molar refractivity (Wildman–Crippen MR) is 114 cm³/mol. The van der Waals surface area contributed by atoms with Crippen LogP contribution in [0.3, 0.4) is 0 Å². The lowest BCUT2D eigenvalue weighted by Gasteiger charge is -2.36. The number of alkyl halides is 1. The summed E-state index contributed by atoms with van der Waals surface area (Å²) < 4.78 is 0. The molecule has 2 aliphatic rings. The normalized spacial score (nSPS) is 27.6. The molecule has 0 radical (unpaired) electrons. The average Bonchev–Trinajstić information content (AvgIpc) is 3.00. The molecule has 0 saturated heterocycles. The molecule has 0 amide bonds. The fourth-order valence-corrected chi connectivity index (χ4v) is 6.54. The zero-order valence-corrected chi connectivity index (χ0v) is 17.7. The van der Waals surface area contributed by atoms with Crippen molar-refractivity contribution in [3.05, 3.63) is 62.7 Å². The van der Waals surface area contributed by atoms with Gasteiger partial charge in [-0.05, 0) is 36.5 Å². The summed E-state index contributed by atoms with van der Waals surface area (Å²) >= 11 is 14.7. The number of halogens is 2. The molecule has 1 heterocycles. The van der Waals surface area contributed by atoms with Crippen LogP contribution >= 0.6 is 35.0 Å². The number of thioether (sulfide) groups is 1. The van der Waals surface area contributed by atoms with Crippen LogP contribution in [0.5, 0.6) is 0 Å². The molecular formula is C20H18Cl2N2O4S. The van der Waals surface area contributed by atoms with Gasteiger partial charge in [0.15, 0.2) is 0 Å². The number of para-hydroxylation sites is 1. The molecule has 0 spiro atoms. The fourth-order valence-electron chi connectivity index (χ4n) is 4.37. The maximum absolute atomic E-state index is 12.0. The highest BCUT2D eigenvalue weighted by molar-refractivity contribution is 8.00. The molecule has 1 saturated carbocycles. The van der Waals surface area contributed by atoms with Crippen molar-refractivity contribution in [3.63, 3.8) is 0 Å². The number of nitro groups is 1. The Bertz CT molecular complexity index is 1000. The topological polar surface area (TPSA) is 92.5 Å². The molecule has 6 nitrogen and oxygen atoms in total. The average molecular weight is 453 g/mol. The largest absolute Gasteiger partial charge is 0.480 e. The molecule has 1 fully saturated rings. The highest BCUT2D eigenvalue weighted by Crippen LogP contribution is 2.56. The van der Waals surface area contributed by atoms with Gasteiger partial charge in [-0.1, -0.05) is 35.9 Å². The Labute approximate surface area is 181 Å². The van der Waals surface area contributed by atoms with Gasteiger partial charge in [0, 0.05) is 17.2 Å². The van der Waals surface area contributed by atoms with Crippen LogP contribution < -0.4 is 5.32 Å². The van der Waals surface area contributed by atoms with Crippen LogP contribution in [0, 0.1) is 23.0 Å². The van der Waals surface area contributed by atoms with E-state index in [2.05, 4.69) is 5.32 Å². The molecule has 1 aliphatic heterocycles. The third kappa shape index (κ3) is 3.45. The van der Waals surface area contributed by atoms with Crippen LogP contribution in [-0.2, 0) is 4.79 Å². The van der Waals surface area contributed by atoms with E-state index in [0.717, 1.165) is 11.1 Å². The SMILES string of the molecule is Cc1ccc2c(c1Cl)N[C@H](C(=O)O)[C@@H]1C[C@H](Sc3ccccc3[N+](=O)[O-])[C@@H](Cl)[C@@H]21. The molecule has 0 bridgehead atoms. The molecule has 9 heteroatoms. The van der Waals surface area contributed by atoms with E-state index in [4.69, 9.17) is 23.2 Å². The first kappa shape index (κ1) is 20.3. The second-order valence-corrected chi connectivity index (χ2v) is 9.53. The Kier molecular flexibility index (Phi) is 5.40. The van der Waals surface area contributed by atoms with Crippen molar-refractivity contribution in [1.82, 2.24) is 0 Å². The summed E-state index contributed by atoms with van der Waals surface area (Å²) in [6.07, 6.45) is 0.532. The Morgan fingerprint density at radius 2 is 2.03 bits per heavy atom. The summed E-state index contributed by atoms with van der Waals surface area (Å²) in [7, 11) is 0. The Morgan fingerprint density at radius 1 is 1.31 bits per heavy atom. The van der Waals surface area contributed by atoms with Crippen molar-refractivity contribution in [2.75, 3.05) is 5.32 Å². The van der Waals surface area contributed by atoms with E-state index in [9.17, 15) is 20.0 Å². The summed E-state index contributed by atoms with van der Waals surface area (Å²) in [6.45, 7) is 1.87. The van der Waals surface area contributed by atoms with Gasteiger partial charge in [-0.3, -0.25) is 10.1 Å². The van der Waals surface area contributed by atoms with Gasteiger partial charge in [-0.25, -0.2) is 4.79 Å². The molecule has 0 unspecified atom stereocenters. The number of aliphatic carboxylic acids is 1. The lowest BCUT2D eigenvalue weighted by atomic mass is 9.79.